The van der Waals surface area contributed by atoms with Crippen LogP contribution in [0.25, 0.3) is 0 Å². The average molecular weight is 320 g/mol. The SMILES string of the molecule is O=C(O)CCCCCNC(=O)c1cc(Cl)cc(Cl)c1O. The van der Waals surface area contributed by atoms with Crippen LogP contribution in [0.2, 0.25) is 10.0 Å². The van der Waals surface area contributed by atoms with E-state index in [4.69, 9.17) is 28.3 Å². The maximum Gasteiger partial charge on any atom is 0.303 e. The van der Waals surface area contributed by atoms with Crippen molar-refractivity contribution >= 4 is 35.1 Å². The van der Waals surface area contributed by atoms with Crippen LogP contribution in [-0.4, -0.2) is 28.6 Å². The van der Waals surface area contributed by atoms with Gasteiger partial charge >= 0.3 is 5.97 Å². The predicted molar refractivity (Wildman–Crippen MR) is 76.6 cm³/mol. The zero-order valence-electron chi connectivity index (χ0n) is 10.7. The van der Waals surface area contributed by atoms with Gasteiger partial charge in [0.25, 0.3) is 5.91 Å². The Bertz CT molecular complexity index is 505. The third-order valence-corrected chi connectivity index (χ3v) is 3.13. The summed E-state index contributed by atoms with van der Waals surface area (Å²) in [5.41, 5.74) is 0.0213. The van der Waals surface area contributed by atoms with E-state index in [1.54, 1.807) is 0 Å². The van der Waals surface area contributed by atoms with Crippen molar-refractivity contribution in [2.24, 2.45) is 0 Å². The summed E-state index contributed by atoms with van der Waals surface area (Å²) in [5, 5.41) is 21.0. The lowest BCUT2D eigenvalue weighted by molar-refractivity contribution is -0.137. The fourth-order valence-electron chi connectivity index (χ4n) is 1.61. The van der Waals surface area contributed by atoms with Crippen LogP contribution in [0.4, 0.5) is 0 Å². The first-order chi connectivity index (χ1) is 9.41. The van der Waals surface area contributed by atoms with Gasteiger partial charge in [-0.15, -0.1) is 0 Å². The molecule has 1 aromatic rings. The van der Waals surface area contributed by atoms with Gasteiger partial charge in [0.2, 0.25) is 0 Å². The summed E-state index contributed by atoms with van der Waals surface area (Å²) in [6.07, 6.45) is 2.06. The summed E-state index contributed by atoms with van der Waals surface area (Å²) >= 11 is 11.5. The lowest BCUT2D eigenvalue weighted by Crippen LogP contribution is -2.24. The highest BCUT2D eigenvalue weighted by Crippen LogP contribution is 2.30. The van der Waals surface area contributed by atoms with Gasteiger partial charge in [-0.25, -0.2) is 0 Å². The molecule has 0 aliphatic rings. The number of aliphatic carboxylic acids is 1. The van der Waals surface area contributed by atoms with Crippen LogP contribution in [0, 0.1) is 0 Å². The fraction of sp³-hybridized carbons (Fsp3) is 0.385. The highest BCUT2D eigenvalue weighted by Gasteiger charge is 2.14. The van der Waals surface area contributed by atoms with Crippen molar-refractivity contribution in [2.75, 3.05) is 6.54 Å². The summed E-state index contributed by atoms with van der Waals surface area (Å²) in [7, 11) is 0. The van der Waals surface area contributed by atoms with Crippen LogP contribution in [-0.2, 0) is 4.79 Å². The number of amides is 1. The minimum absolute atomic E-state index is 0.0177. The molecule has 0 aromatic heterocycles. The van der Waals surface area contributed by atoms with Crippen LogP contribution in [0.3, 0.4) is 0 Å². The predicted octanol–water partition coefficient (Wildman–Crippen LogP) is 3.07. The largest absolute Gasteiger partial charge is 0.506 e. The number of phenolic OH excluding ortho intramolecular Hbond substituents is 1. The van der Waals surface area contributed by atoms with E-state index in [1.165, 1.54) is 12.1 Å². The van der Waals surface area contributed by atoms with Gasteiger partial charge in [0.05, 0.1) is 10.6 Å². The molecule has 0 radical (unpaired) electrons. The normalized spacial score (nSPS) is 10.3. The second-order valence-corrected chi connectivity index (χ2v) is 5.09. The van der Waals surface area contributed by atoms with Crippen molar-refractivity contribution < 1.29 is 19.8 Å². The monoisotopic (exact) mass is 319 g/mol. The Hall–Kier alpha value is -1.46. The number of hydrogen-bond acceptors (Lipinski definition) is 3. The maximum absolute atomic E-state index is 11.8. The number of nitrogens with one attached hydrogen (secondary N) is 1. The lowest BCUT2D eigenvalue weighted by atomic mass is 10.1. The number of phenols is 1. The number of halogens is 2. The molecule has 0 aliphatic carbocycles. The Labute approximate surface area is 126 Å². The second kappa shape index (κ2) is 7.97. The van der Waals surface area contributed by atoms with Crippen molar-refractivity contribution in [3.63, 3.8) is 0 Å². The van der Waals surface area contributed by atoms with Crippen LogP contribution >= 0.6 is 23.2 Å². The van der Waals surface area contributed by atoms with Crippen molar-refractivity contribution in [3.8, 4) is 5.75 Å². The molecule has 1 rings (SSSR count). The minimum atomic E-state index is -0.826. The van der Waals surface area contributed by atoms with E-state index in [2.05, 4.69) is 5.32 Å². The number of carboxylic acid groups (broad SMARTS) is 1. The molecule has 5 nitrogen and oxygen atoms in total. The number of carbonyl (C=O) groups excluding carboxylic acids is 1. The summed E-state index contributed by atoms with van der Waals surface area (Å²) < 4.78 is 0. The van der Waals surface area contributed by atoms with Gasteiger partial charge in [0, 0.05) is 18.0 Å². The van der Waals surface area contributed by atoms with E-state index in [9.17, 15) is 14.7 Å². The number of benzene rings is 1. The number of carboxylic acids is 1. The molecular formula is C13H15Cl2NO4. The molecule has 0 aliphatic heterocycles. The topological polar surface area (TPSA) is 86.6 Å². The summed E-state index contributed by atoms with van der Waals surface area (Å²) in [6, 6.07) is 2.68. The zero-order valence-corrected chi connectivity index (χ0v) is 12.2. The Balaban J connectivity index is 2.42. The molecular weight excluding hydrogens is 305 g/mol. The van der Waals surface area contributed by atoms with Crippen molar-refractivity contribution in [1.82, 2.24) is 5.32 Å². The average Bonchev–Trinajstić information content (AvgIpc) is 2.37. The van der Waals surface area contributed by atoms with E-state index >= 15 is 0 Å². The summed E-state index contributed by atoms with van der Waals surface area (Å²) in [6.45, 7) is 0.391. The Morgan fingerprint density at radius 2 is 1.85 bits per heavy atom. The van der Waals surface area contributed by atoms with Gasteiger partial charge in [-0.1, -0.05) is 29.6 Å². The number of rotatable bonds is 7. The van der Waals surface area contributed by atoms with E-state index < -0.39 is 11.9 Å². The molecule has 0 bridgehead atoms. The van der Waals surface area contributed by atoms with E-state index in [0.717, 1.165) is 0 Å². The highest BCUT2D eigenvalue weighted by molar-refractivity contribution is 6.36. The minimum Gasteiger partial charge on any atom is -0.506 e. The van der Waals surface area contributed by atoms with E-state index in [0.29, 0.717) is 25.8 Å². The van der Waals surface area contributed by atoms with Crippen LogP contribution in [0.1, 0.15) is 36.0 Å². The molecule has 0 spiro atoms. The van der Waals surface area contributed by atoms with E-state index in [-0.39, 0.29) is 27.8 Å². The second-order valence-electron chi connectivity index (χ2n) is 4.24. The highest BCUT2D eigenvalue weighted by atomic mass is 35.5. The Morgan fingerprint density at radius 3 is 2.50 bits per heavy atom. The van der Waals surface area contributed by atoms with Crippen LogP contribution in [0.5, 0.6) is 5.75 Å². The van der Waals surface area contributed by atoms with Crippen LogP contribution in [0.15, 0.2) is 12.1 Å². The summed E-state index contributed by atoms with van der Waals surface area (Å²) in [5.74, 6) is -1.60. The molecule has 110 valence electrons. The molecule has 0 heterocycles. The van der Waals surface area contributed by atoms with Gasteiger partial charge in [-0.2, -0.15) is 0 Å². The first-order valence-corrected chi connectivity index (χ1v) is 6.85. The van der Waals surface area contributed by atoms with Gasteiger partial charge in [-0.05, 0) is 25.0 Å². The van der Waals surface area contributed by atoms with Gasteiger partial charge in [-0.3, -0.25) is 9.59 Å². The Morgan fingerprint density at radius 1 is 1.15 bits per heavy atom. The molecule has 0 unspecified atom stereocenters. The maximum atomic E-state index is 11.8. The van der Waals surface area contributed by atoms with Gasteiger partial charge < -0.3 is 15.5 Å². The first-order valence-electron chi connectivity index (χ1n) is 6.10. The molecule has 1 amide bonds. The number of hydrogen-bond donors (Lipinski definition) is 3. The smallest absolute Gasteiger partial charge is 0.303 e. The number of carbonyl (C=O) groups is 2. The van der Waals surface area contributed by atoms with E-state index in [1.807, 2.05) is 0 Å². The molecule has 3 N–H and O–H groups in total. The molecule has 0 fully saturated rings. The molecule has 0 atom stereocenters. The molecule has 20 heavy (non-hydrogen) atoms. The molecule has 7 heteroatoms. The van der Waals surface area contributed by atoms with Crippen LogP contribution < -0.4 is 5.32 Å². The number of aromatic hydroxyl groups is 1. The van der Waals surface area contributed by atoms with Crippen molar-refractivity contribution in [3.05, 3.63) is 27.7 Å². The zero-order chi connectivity index (χ0) is 15.1. The standard InChI is InChI=1S/C13H15Cl2NO4/c14-8-6-9(12(19)10(15)7-8)13(20)16-5-3-1-2-4-11(17)18/h6-7,19H,1-5H2,(H,16,20)(H,17,18). The molecule has 0 saturated heterocycles. The first kappa shape index (κ1) is 16.6. The lowest BCUT2D eigenvalue weighted by Gasteiger charge is -2.08. The summed E-state index contributed by atoms with van der Waals surface area (Å²) in [4.78, 5) is 22.1. The molecule has 0 saturated carbocycles. The third-order valence-electron chi connectivity index (χ3n) is 2.63. The fourth-order valence-corrected chi connectivity index (χ4v) is 2.11. The van der Waals surface area contributed by atoms with Crippen molar-refractivity contribution in [1.29, 1.82) is 0 Å². The quantitative estimate of drug-likeness (QED) is 0.674. The van der Waals surface area contributed by atoms with Gasteiger partial charge in [0.1, 0.15) is 5.75 Å². The Kier molecular flexibility index (Phi) is 6.61. The van der Waals surface area contributed by atoms with Crippen molar-refractivity contribution in [2.45, 2.75) is 25.7 Å². The molecule has 1 aromatic carbocycles. The van der Waals surface area contributed by atoms with Gasteiger partial charge in [0.15, 0.2) is 0 Å². The third kappa shape index (κ3) is 5.27. The number of unbranched alkanes of at least 4 members (excludes halogenated alkanes) is 2.